The van der Waals surface area contributed by atoms with Crippen molar-refractivity contribution in [2.45, 2.75) is 0 Å². The van der Waals surface area contributed by atoms with Crippen LogP contribution in [0.2, 0.25) is 0 Å². The summed E-state index contributed by atoms with van der Waals surface area (Å²) in [5, 5.41) is 22.1. The van der Waals surface area contributed by atoms with Crippen molar-refractivity contribution < 1.29 is 23.5 Å². The van der Waals surface area contributed by atoms with Crippen molar-refractivity contribution in [1.29, 1.82) is 0 Å². The van der Waals surface area contributed by atoms with E-state index >= 15 is 0 Å². The minimum Gasteiger partial charge on any atom is -0.460 e. The summed E-state index contributed by atoms with van der Waals surface area (Å²) >= 11 is 0. The van der Waals surface area contributed by atoms with Gasteiger partial charge in [0.15, 0.2) is 11.5 Å². The maximum atomic E-state index is 13.1. The third-order valence-corrected chi connectivity index (χ3v) is 4.48. The number of ketones is 1. The smallest absolute Gasteiger partial charge is 0.270 e. The van der Waals surface area contributed by atoms with Gasteiger partial charge in [0.05, 0.1) is 22.4 Å². The molecule has 0 unspecified atom stereocenters. The van der Waals surface area contributed by atoms with Gasteiger partial charge in [-0.05, 0) is 23.3 Å². The molecule has 0 aliphatic heterocycles. The first kappa shape index (κ1) is 18.8. The number of non-ortho nitro benzene ring substituents is 2. The van der Waals surface area contributed by atoms with Crippen LogP contribution in [-0.2, 0) is 0 Å². The summed E-state index contributed by atoms with van der Waals surface area (Å²) < 4.78 is 10.7. The number of nitro groups is 2. The fraction of sp³-hybridized carbons (Fsp3) is 0. The van der Waals surface area contributed by atoms with E-state index in [1.165, 1.54) is 61.1 Å². The molecular formula is C21H12N2O7. The van der Waals surface area contributed by atoms with E-state index in [4.69, 9.17) is 8.83 Å². The van der Waals surface area contributed by atoms with E-state index in [0.717, 1.165) is 0 Å². The van der Waals surface area contributed by atoms with E-state index < -0.39 is 15.6 Å². The predicted molar refractivity (Wildman–Crippen MR) is 105 cm³/mol. The highest BCUT2D eigenvalue weighted by Crippen LogP contribution is 2.33. The summed E-state index contributed by atoms with van der Waals surface area (Å²) in [5.41, 5.74) is 1.36. The number of carbonyl (C=O) groups excluding carboxylic acids is 1. The van der Waals surface area contributed by atoms with Gasteiger partial charge in [-0.25, -0.2) is 0 Å². The maximum Gasteiger partial charge on any atom is 0.270 e. The van der Waals surface area contributed by atoms with E-state index in [0.29, 0.717) is 22.3 Å². The lowest BCUT2D eigenvalue weighted by Gasteiger charge is -2.04. The zero-order valence-electron chi connectivity index (χ0n) is 15.2. The van der Waals surface area contributed by atoms with Crippen molar-refractivity contribution in [2.24, 2.45) is 0 Å². The number of furan rings is 2. The first-order valence-electron chi connectivity index (χ1n) is 8.65. The normalized spacial score (nSPS) is 10.7. The summed E-state index contributed by atoms with van der Waals surface area (Å²) in [4.78, 5) is 34.2. The van der Waals surface area contributed by atoms with Gasteiger partial charge < -0.3 is 8.83 Å². The van der Waals surface area contributed by atoms with Gasteiger partial charge in [-0.3, -0.25) is 25.0 Å². The molecule has 0 radical (unpaired) electrons. The van der Waals surface area contributed by atoms with Gasteiger partial charge in [0.2, 0.25) is 0 Å². The van der Waals surface area contributed by atoms with Crippen LogP contribution in [-0.4, -0.2) is 15.6 Å². The van der Waals surface area contributed by atoms with Crippen LogP contribution in [0.4, 0.5) is 11.4 Å². The third-order valence-electron chi connectivity index (χ3n) is 4.48. The van der Waals surface area contributed by atoms with Crippen molar-refractivity contribution >= 4 is 17.2 Å². The second-order valence-corrected chi connectivity index (χ2v) is 6.27. The average molecular weight is 404 g/mol. The molecule has 0 aliphatic carbocycles. The molecule has 0 saturated carbocycles. The monoisotopic (exact) mass is 404 g/mol. The number of nitro benzene ring substituents is 2. The predicted octanol–water partition coefficient (Wildman–Crippen LogP) is 5.25. The quantitative estimate of drug-likeness (QED) is 0.243. The van der Waals surface area contributed by atoms with Crippen LogP contribution in [0.15, 0.2) is 82.0 Å². The number of rotatable bonds is 6. The molecule has 0 aliphatic rings. The van der Waals surface area contributed by atoms with Crippen LogP contribution in [0.3, 0.4) is 0 Å². The van der Waals surface area contributed by atoms with E-state index in [9.17, 15) is 25.0 Å². The maximum absolute atomic E-state index is 13.1. The number of carbonyl (C=O) groups is 1. The molecule has 2 aromatic heterocycles. The zero-order chi connectivity index (χ0) is 21.3. The fourth-order valence-electron chi connectivity index (χ4n) is 3.10. The molecule has 0 spiro atoms. The fourth-order valence-corrected chi connectivity index (χ4v) is 3.10. The number of nitrogens with zero attached hydrogens (tertiary/aromatic N) is 2. The molecule has 0 amide bonds. The SMILES string of the molecule is O=C(c1occc1-c1cccc([N+](=O)[O-])c1)c1occc1-c1cccc([N+](=O)[O-])c1. The van der Waals surface area contributed by atoms with E-state index in [-0.39, 0.29) is 22.9 Å². The lowest BCUT2D eigenvalue weighted by Crippen LogP contribution is -2.02. The van der Waals surface area contributed by atoms with Gasteiger partial charge in [-0.1, -0.05) is 24.3 Å². The molecule has 4 aromatic rings. The molecule has 4 rings (SSSR count). The molecule has 0 bridgehead atoms. The van der Waals surface area contributed by atoms with E-state index in [2.05, 4.69) is 0 Å². The first-order chi connectivity index (χ1) is 14.5. The van der Waals surface area contributed by atoms with Gasteiger partial charge in [-0.2, -0.15) is 0 Å². The Hall–Kier alpha value is -4.53. The summed E-state index contributed by atoms with van der Waals surface area (Å²) in [5.74, 6) is -0.706. The van der Waals surface area contributed by atoms with Crippen LogP contribution >= 0.6 is 0 Å². The highest BCUT2D eigenvalue weighted by Gasteiger charge is 2.25. The highest BCUT2D eigenvalue weighted by molar-refractivity contribution is 6.12. The van der Waals surface area contributed by atoms with Crippen molar-refractivity contribution in [3.8, 4) is 22.3 Å². The minimum atomic E-state index is -0.590. The molecule has 9 nitrogen and oxygen atoms in total. The van der Waals surface area contributed by atoms with Crippen molar-refractivity contribution in [3.05, 3.63) is 105 Å². The Labute approximate surface area is 168 Å². The topological polar surface area (TPSA) is 130 Å². The molecule has 0 atom stereocenters. The molecule has 9 heteroatoms. The van der Waals surface area contributed by atoms with Crippen LogP contribution in [0.1, 0.15) is 16.3 Å². The molecule has 0 fully saturated rings. The molecule has 148 valence electrons. The lowest BCUT2D eigenvalue weighted by molar-refractivity contribution is -0.385. The summed E-state index contributed by atoms with van der Waals surface area (Å²) in [6.45, 7) is 0. The Bertz CT molecular complexity index is 1190. The Balaban J connectivity index is 1.76. The van der Waals surface area contributed by atoms with Gasteiger partial charge in [0, 0.05) is 35.4 Å². The van der Waals surface area contributed by atoms with Crippen LogP contribution in [0.5, 0.6) is 0 Å². The second-order valence-electron chi connectivity index (χ2n) is 6.27. The third kappa shape index (κ3) is 3.35. The molecule has 0 saturated heterocycles. The van der Waals surface area contributed by atoms with Crippen molar-refractivity contribution in [3.63, 3.8) is 0 Å². The van der Waals surface area contributed by atoms with Gasteiger partial charge >= 0.3 is 0 Å². The number of hydrogen-bond acceptors (Lipinski definition) is 7. The summed E-state index contributed by atoms with van der Waals surface area (Å²) in [6, 6.07) is 14.7. The number of hydrogen-bond donors (Lipinski definition) is 0. The Morgan fingerprint density at radius 3 is 1.53 bits per heavy atom. The van der Waals surface area contributed by atoms with Gasteiger partial charge in [0.1, 0.15) is 0 Å². The molecule has 30 heavy (non-hydrogen) atoms. The van der Waals surface area contributed by atoms with Crippen LogP contribution < -0.4 is 0 Å². The number of benzene rings is 2. The van der Waals surface area contributed by atoms with Crippen LogP contribution in [0, 0.1) is 20.2 Å². The lowest BCUT2D eigenvalue weighted by atomic mass is 9.99. The van der Waals surface area contributed by atoms with E-state index in [1.807, 2.05) is 0 Å². The molecule has 0 N–H and O–H groups in total. The largest absolute Gasteiger partial charge is 0.460 e. The summed E-state index contributed by atoms with van der Waals surface area (Å²) in [7, 11) is 0. The van der Waals surface area contributed by atoms with Crippen LogP contribution in [0.25, 0.3) is 22.3 Å². The Morgan fingerprint density at radius 2 is 1.13 bits per heavy atom. The second kappa shape index (κ2) is 7.47. The average Bonchev–Trinajstić information content (AvgIpc) is 3.43. The standard InChI is InChI=1S/C21H12N2O7/c24-19(20-17(7-9-29-20)13-3-1-5-15(11-13)22(25)26)21-18(8-10-30-21)14-4-2-6-16(12-14)23(27)28/h1-12H. The first-order valence-corrected chi connectivity index (χ1v) is 8.65. The van der Waals surface area contributed by atoms with Crippen molar-refractivity contribution in [1.82, 2.24) is 0 Å². The summed E-state index contributed by atoms with van der Waals surface area (Å²) in [6.07, 6.45) is 2.61. The Morgan fingerprint density at radius 1 is 0.700 bits per heavy atom. The van der Waals surface area contributed by atoms with Crippen molar-refractivity contribution in [2.75, 3.05) is 0 Å². The van der Waals surface area contributed by atoms with Gasteiger partial charge in [0.25, 0.3) is 17.2 Å². The molecule has 2 aromatic carbocycles. The zero-order valence-corrected chi connectivity index (χ0v) is 15.2. The highest BCUT2D eigenvalue weighted by atomic mass is 16.6. The Kier molecular flexibility index (Phi) is 4.69. The minimum absolute atomic E-state index is 0.0582. The van der Waals surface area contributed by atoms with E-state index in [1.54, 1.807) is 12.1 Å². The molecular weight excluding hydrogens is 392 g/mol. The molecule has 2 heterocycles. The van der Waals surface area contributed by atoms with Gasteiger partial charge in [-0.15, -0.1) is 0 Å².